The lowest BCUT2D eigenvalue weighted by Crippen LogP contribution is -2.42. The standard InChI is InChI=1S/C11H21NO/c13-10-5-3-4-9(8-10)11-6-1-2-7-12-11/h9-13H,1-8H2/t9-,10-,11-/m0/s1. The molecule has 0 spiro atoms. The van der Waals surface area contributed by atoms with Crippen LogP contribution in [0.5, 0.6) is 0 Å². The van der Waals surface area contributed by atoms with E-state index < -0.39 is 0 Å². The van der Waals surface area contributed by atoms with E-state index >= 15 is 0 Å². The van der Waals surface area contributed by atoms with E-state index in [0.29, 0.717) is 6.04 Å². The van der Waals surface area contributed by atoms with Crippen molar-refractivity contribution in [1.82, 2.24) is 5.32 Å². The molecule has 0 aromatic rings. The Bertz CT molecular complexity index is 154. The third-order valence-corrected chi connectivity index (χ3v) is 3.60. The minimum atomic E-state index is -0.0116. The highest BCUT2D eigenvalue weighted by Gasteiger charge is 2.27. The van der Waals surface area contributed by atoms with Crippen molar-refractivity contribution in [3.8, 4) is 0 Å². The quantitative estimate of drug-likeness (QED) is 0.648. The van der Waals surface area contributed by atoms with E-state index in [1.165, 1.54) is 38.6 Å². The van der Waals surface area contributed by atoms with Crippen LogP contribution in [0, 0.1) is 5.92 Å². The SMILES string of the molecule is O[C@H]1CCC[C@H]([C@@H]2CCCCN2)C1. The third-order valence-electron chi connectivity index (χ3n) is 3.60. The molecular weight excluding hydrogens is 162 g/mol. The van der Waals surface area contributed by atoms with Gasteiger partial charge in [-0.3, -0.25) is 0 Å². The minimum absolute atomic E-state index is 0.0116. The van der Waals surface area contributed by atoms with Gasteiger partial charge in [-0.05, 0) is 44.6 Å². The minimum Gasteiger partial charge on any atom is -0.393 e. The normalized spacial score (nSPS) is 41.8. The van der Waals surface area contributed by atoms with Crippen LogP contribution < -0.4 is 5.32 Å². The van der Waals surface area contributed by atoms with E-state index in [2.05, 4.69) is 5.32 Å². The first-order valence-corrected chi connectivity index (χ1v) is 5.78. The first-order valence-electron chi connectivity index (χ1n) is 5.78. The van der Waals surface area contributed by atoms with Gasteiger partial charge >= 0.3 is 0 Å². The Morgan fingerprint density at radius 1 is 1.00 bits per heavy atom. The smallest absolute Gasteiger partial charge is 0.0543 e. The van der Waals surface area contributed by atoms with Gasteiger partial charge in [-0.15, -0.1) is 0 Å². The molecule has 2 heteroatoms. The average Bonchev–Trinajstić information content (AvgIpc) is 2.19. The fraction of sp³-hybridized carbons (Fsp3) is 1.00. The molecule has 0 radical (unpaired) electrons. The molecule has 1 saturated carbocycles. The molecule has 13 heavy (non-hydrogen) atoms. The van der Waals surface area contributed by atoms with Crippen molar-refractivity contribution in [1.29, 1.82) is 0 Å². The van der Waals surface area contributed by atoms with Crippen LogP contribution in [0.1, 0.15) is 44.9 Å². The molecule has 2 nitrogen and oxygen atoms in total. The Kier molecular flexibility index (Phi) is 3.23. The lowest BCUT2D eigenvalue weighted by molar-refractivity contribution is 0.0822. The van der Waals surface area contributed by atoms with Gasteiger partial charge in [-0.1, -0.05) is 12.8 Å². The van der Waals surface area contributed by atoms with E-state index in [4.69, 9.17) is 0 Å². The highest BCUT2D eigenvalue weighted by atomic mass is 16.3. The molecule has 0 aromatic carbocycles. The Balaban J connectivity index is 1.83. The van der Waals surface area contributed by atoms with E-state index in [9.17, 15) is 5.11 Å². The molecule has 1 aliphatic carbocycles. The van der Waals surface area contributed by atoms with Crippen LogP contribution in [0.15, 0.2) is 0 Å². The maximum Gasteiger partial charge on any atom is 0.0543 e. The molecule has 1 saturated heterocycles. The number of aliphatic hydroxyl groups is 1. The Morgan fingerprint density at radius 3 is 2.62 bits per heavy atom. The number of hydrogen-bond acceptors (Lipinski definition) is 2. The Morgan fingerprint density at radius 2 is 1.92 bits per heavy atom. The average molecular weight is 183 g/mol. The van der Waals surface area contributed by atoms with Crippen LogP contribution in [0.4, 0.5) is 0 Å². The number of rotatable bonds is 1. The molecule has 2 N–H and O–H groups in total. The summed E-state index contributed by atoms with van der Waals surface area (Å²) in [5.74, 6) is 0.754. The summed E-state index contributed by atoms with van der Waals surface area (Å²) in [7, 11) is 0. The van der Waals surface area contributed by atoms with Gasteiger partial charge < -0.3 is 10.4 Å². The zero-order valence-corrected chi connectivity index (χ0v) is 8.34. The second-order valence-electron chi connectivity index (χ2n) is 4.64. The zero-order chi connectivity index (χ0) is 9.10. The molecular formula is C11H21NO. The van der Waals surface area contributed by atoms with E-state index in [0.717, 1.165) is 18.8 Å². The molecule has 2 rings (SSSR count). The molecule has 2 aliphatic rings. The van der Waals surface area contributed by atoms with Gasteiger partial charge in [0.1, 0.15) is 0 Å². The molecule has 0 unspecified atom stereocenters. The lowest BCUT2D eigenvalue weighted by atomic mass is 9.80. The van der Waals surface area contributed by atoms with Gasteiger partial charge in [0.05, 0.1) is 6.10 Å². The monoisotopic (exact) mass is 183 g/mol. The molecule has 76 valence electrons. The van der Waals surface area contributed by atoms with E-state index in [1.807, 2.05) is 0 Å². The Labute approximate surface area is 80.7 Å². The predicted molar refractivity (Wildman–Crippen MR) is 53.6 cm³/mol. The van der Waals surface area contributed by atoms with Crippen molar-refractivity contribution < 1.29 is 5.11 Å². The molecule has 3 atom stereocenters. The molecule has 0 aromatic heterocycles. The highest BCUT2D eigenvalue weighted by molar-refractivity contribution is 4.84. The summed E-state index contributed by atoms with van der Waals surface area (Å²) < 4.78 is 0. The van der Waals surface area contributed by atoms with Gasteiger partial charge in [0.2, 0.25) is 0 Å². The van der Waals surface area contributed by atoms with Gasteiger partial charge in [0.25, 0.3) is 0 Å². The summed E-state index contributed by atoms with van der Waals surface area (Å²) in [4.78, 5) is 0. The van der Waals surface area contributed by atoms with Crippen LogP contribution >= 0.6 is 0 Å². The summed E-state index contributed by atoms with van der Waals surface area (Å²) in [6.45, 7) is 1.19. The van der Waals surface area contributed by atoms with Gasteiger partial charge in [-0.2, -0.15) is 0 Å². The second kappa shape index (κ2) is 4.43. The van der Waals surface area contributed by atoms with Gasteiger partial charge in [0, 0.05) is 6.04 Å². The topological polar surface area (TPSA) is 32.3 Å². The molecule has 0 amide bonds. The first-order chi connectivity index (χ1) is 6.36. The summed E-state index contributed by atoms with van der Waals surface area (Å²) >= 11 is 0. The van der Waals surface area contributed by atoms with Crippen molar-refractivity contribution in [2.75, 3.05) is 6.54 Å². The summed E-state index contributed by atoms with van der Waals surface area (Å²) in [6, 6.07) is 0.712. The fourth-order valence-electron chi connectivity index (χ4n) is 2.85. The van der Waals surface area contributed by atoms with Gasteiger partial charge in [0.15, 0.2) is 0 Å². The number of piperidine rings is 1. The lowest BCUT2D eigenvalue weighted by Gasteiger charge is -2.35. The maximum atomic E-state index is 9.58. The summed E-state index contributed by atoms with van der Waals surface area (Å²) in [5, 5.41) is 13.2. The van der Waals surface area contributed by atoms with Crippen molar-refractivity contribution in [2.24, 2.45) is 5.92 Å². The number of aliphatic hydroxyl groups excluding tert-OH is 1. The van der Waals surface area contributed by atoms with Crippen LogP contribution in [0.25, 0.3) is 0 Å². The molecule has 0 bridgehead atoms. The van der Waals surface area contributed by atoms with Gasteiger partial charge in [-0.25, -0.2) is 0 Å². The third kappa shape index (κ3) is 2.44. The highest BCUT2D eigenvalue weighted by Crippen LogP contribution is 2.29. The molecule has 1 heterocycles. The van der Waals surface area contributed by atoms with Crippen molar-refractivity contribution >= 4 is 0 Å². The van der Waals surface area contributed by atoms with Crippen molar-refractivity contribution in [2.45, 2.75) is 57.1 Å². The maximum absolute atomic E-state index is 9.58. The molecule has 1 aliphatic heterocycles. The molecule has 2 fully saturated rings. The summed E-state index contributed by atoms with van der Waals surface area (Å²) in [5.41, 5.74) is 0. The van der Waals surface area contributed by atoms with E-state index in [1.54, 1.807) is 0 Å². The van der Waals surface area contributed by atoms with Crippen molar-refractivity contribution in [3.63, 3.8) is 0 Å². The van der Waals surface area contributed by atoms with Crippen LogP contribution in [-0.4, -0.2) is 23.8 Å². The predicted octanol–water partition coefficient (Wildman–Crippen LogP) is 1.68. The number of hydrogen-bond donors (Lipinski definition) is 2. The second-order valence-corrected chi connectivity index (χ2v) is 4.64. The van der Waals surface area contributed by atoms with Crippen LogP contribution in [0.3, 0.4) is 0 Å². The largest absolute Gasteiger partial charge is 0.393 e. The van der Waals surface area contributed by atoms with E-state index in [-0.39, 0.29) is 6.10 Å². The fourth-order valence-corrected chi connectivity index (χ4v) is 2.85. The van der Waals surface area contributed by atoms with Crippen LogP contribution in [-0.2, 0) is 0 Å². The zero-order valence-electron chi connectivity index (χ0n) is 8.34. The summed E-state index contributed by atoms with van der Waals surface area (Å²) in [6.07, 6.45) is 8.66. The van der Waals surface area contributed by atoms with Crippen molar-refractivity contribution in [3.05, 3.63) is 0 Å². The number of nitrogens with one attached hydrogen (secondary N) is 1. The Hall–Kier alpha value is -0.0800. The van der Waals surface area contributed by atoms with Crippen LogP contribution in [0.2, 0.25) is 0 Å². The first kappa shape index (κ1) is 9.47.